The van der Waals surface area contributed by atoms with Crippen LogP contribution in [0.1, 0.15) is 16.8 Å². The maximum absolute atomic E-state index is 14.4. The summed E-state index contributed by atoms with van der Waals surface area (Å²) in [5.41, 5.74) is 2.82. The van der Waals surface area contributed by atoms with Crippen LogP contribution in [0.3, 0.4) is 0 Å². The van der Waals surface area contributed by atoms with Crippen LogP contribution in [-0.4, -0.2) is 10.9 Å². The van der Waals surface area contributed by atoms with E-state index in [1.165, 1.54) is 4.57 Å². The summed E-state index contributed by atoms with van der Waals surface area (Å²) in [7, 11) is 1.61. The lowest BCUT2D eigenvalue weighted by Crippen LogP contribution is -2.22. The molecule has 0 spiro atoms. The Morgan fingerprint density at radius 1 is 1.16 bits per heavy atom. The molecule has 3 nitrogen and oxygen atoms in total. The van der Waals surface area contributed by atoms with Gasteiger partial charge in [0.25, 0.3) is 5.56 Å². The van der Waals surface area contributed by atoms with Gasteiger partial charge in [-0.25, -0.2) is 4.39 Å². The van der Waals surface area contributed by atoms with Crippen LogP contribution in [0.5, 0.6) is 0 Å². The fraction of sp³-hybridized carbons (Fsp3) is 0.200. The van der Waals surface area contributed by atoms with E-state index in [1.54, 1.807) is 32.2 Å². The molecule has 0 aliphatic rings. The number of pyridine rings is 1. The quantitative estimate of drug-likeness (QED) is 0.653. The molecule has 0 atom stereocenters. The second kappa shape index (κ2) is 6.45. The third-order valence-corrected chi connectivity index (χ3v) is 4.86. The van der Waals surface area contributed by atoms with Gasteiger partial charge in [-0.15, -0.1) is 0 Å². The van der Waals surface area contributed by atoms with Crippen molar-refractivity contribution in [3.05, 3.63) is 68.3 Å². The average Bonchev–Trinajstić information content (AvgIpc) is 2.59. The molecule has 0 unspecified atom stereocenters. The van der Waals surface area contributed by atoms with Gasteiger partial charge in [0, 0.05) is 35.7 Å². The number of aromatic nitrogens is 1. The molecular formula is C20H17ClFNO2. The third kappa shape index (κ3) is 2.76. The Morgan fingerprint density at radius 2 is 1.88 bits per heavy atom. The molecule has 5 heteroatoms. The molecule has 0 bridgehead atoms. The van der Waals surface area contributed by atoms with Crippen molar-refractivity contribution in [1.29, 1.82) is 0 Å². The third-order valence-electron chi connectivity index (χ3n) is 4.49. The number of rotatable bonds is 3. The van der Waals surface area contributed by atoms with Gasteiger partial charge in [0.2, 0.25) is 0 Å². The zero-order valence-electron chi connectivity index (χ0n) is 14.2. The van der Waals surface area contributed by atoms with Gasteiger partial charge in [-0.3, -0.25) is 4.79 Å². The SMILES string of the molecule is Cc1ccc2c(=O)n(C)c(CC=O)c(-c3ccc(C)c(F)c3Cl)c2c1. The molecule has 0 fully saturated rings. The number of nitrogens with zero attached hydrogens (tertiary/aromatic N) is 1. The van der Waals surface area contributed by atoms with E-state index in [4.69, 9.17) is 11.6 Å². The van der Waals surface area contributed by atoms with E-state index in [1.807, 2.05) is 19.1 Å². The molecule has 25 heavy (non-hydrogen) atoms. The van der Waals surface area contributed by atoms with E-state index < -0.39 is 5.82 Å². The average molecular weight is 358 g/mol. The number of hydrogen-bond acceptors (Lipinski definition) is 2. The maximum Gasteiger partial charge on any atom is 0.258 e. The molecule has 1 heterocycles. The Hall–Kier alpha value is -2.46. The molecule has 0 saturated carbocycles. The number of benzene rings is 2. The lowest BCUT2D eigenvalue weighted by molar-refractivity contribution is -0.107. The van der Waals surface area contributed by atoms with Crippen molar-refractivity contribution in [3.63, 3.8) is 0 Å². The Balaban J connectivity index is 2.56. The first-order chi connectivity index (χ1) is 11.9. The Bertz CT molecular complexity index is 1070. The van der Waals surface area contributed by atoms with Gasteiger partial charge in [-0.05, 0) is 30.9 Å². The maximum atomic E-state index is 14.4. The van der Waals surface area contributed by atoms with Gasteiger partial charge >= 0.3 is 0 Å². The molecule has 0 aliphatic carbocycles. The molecule has 0 saturated heterocycles. The van der Waals surface area contributed by atoms with E-state index in [-0.39, 0.29) is 17.0 Å². The first-order valence-electron chi connectivity index (χ1n) is 7.87. The zero-order chi connectivity index (χ0) is 18.3. The Labute approximate surface area is 149 Å². The fourth-order valence-electron chi connectivity index (χ4n) is 3.14. The highest BCUT2D eigenvalue weighted by molar-refractivity contribution is 6.34. The van der Waals surface area contributed by atoms with Crippen LogP contribution in [0, 0.1) is 19.7 Å². The summed E-state index contributed by atoms with van der Waals surface area (Å²) in [6, 6.07) is 8.85. The number of hydrogen-bond donors (Lipinski definition) is 0. The van der Waals surface area contributed by atoms with E-state index in [0.29, 0.717) is 33.2 Å². The topological polar surface area (TPSA) is 39.1 Å². The van der Waals surface area contributed by atoms with Crippen LogP contribution in [-0.2, 0) is 18.3 Å². The number of aryl methyl sites for hydroxylation is 2. The number of fused-ring (bicyclic) bond motifs is 1. The van der Waals surface area contributed by atoms with Crippen molar-refractivity contribution in [1.82, 2.24) is 4.57 Å². The minimum atomic E-state index is -0.495. The Morgan fingerprint density at radius 3 is 2.56 bits per heavy atom. The summed E-state index contributed by atoms with van der Waals surface area (Å²) in [6.45, 7) is 3.55. The van der Waals surface area contributed by atoms with Gasteiger partial charge in [-0.2, -0.15) is 0 Å². The van der Waals surface area contributed by atoms with E-state index in [0.717, 1.165) is 11.8 Å². The van der Waals surface area contributed by atoms with Crippen LogP contribution in [0.25, 0.3) is 21.9 Å². The van der Waals surface area contributed by atoms with Crippen LogP contribution in [0.4, 0.5) is 4.39 Å². The van der Waals surface area contributed by atoms with Gasteiger partial charge < -0.3 is 9.36 Å². The minimum Gasteiger partial charge on any atom is -0.314 e. The van der Waals surface area contributed by atoms with Gasteiger partial charge in [0.15, 0.2) is 0 Å². The van der Waals surface area contributed by atoms with Gasteiger partial charge in [-0.1, -0.05) is 41.4 Å². The zero-order valence-corrected chi connectivity index (χ0v) is 14.9. The minimum absolute atomic E-state index is 0.00592. The van der Waals surface area contributed by atoms with E-state index in [2.05, 4.69) is 0 Å². The highest BCUT2D eigenvalue weighted by Crippen LogP contribution is 2.37. The normalized spacial score (nSPS) is 11.1. The number of halogens is 2. The van der Waals surface area contributed by atoms with Gasteiger partial charge in [0.1, 0.15) is 12.1 Å². The summed E-state index contributed by atoms with van der Waals surface area (Å²) in [6.07, 6.45) is 0.773. The smallest absolute Gasteiger partial charge is 0.258 e. The summed E-state index contributed by atoms with van der Waals surface area (Å²) >= 11 is 6.29. The second-order valence-electron chi connectivity index (χ2n) is 6.16. The van der Waals surface area contributed by atoms with Crippen molar-refractivity contribution in [2.24, 2.45) is 7.05 Å². The molecular weight excluding hydrogens is 341 g/mol. The van der Waals surface area contributed by atoms with Gasteiger partial charge in [0.05, 0.1) is 5.02 Å². The monoisotopic (exact) mass is 357 g/mol. The molecule has 0 amide bonds. The van der Waals surface area contributed by atoms with E-state index >= 15 is 0 Å². The predicted molar refractivity (Wildman–Crippen MR) is 98.8 cm³/mol. The fourth-order valence-corrected chi connectivity index (χ4v) is 3.44. The highest BCUT2D eigenvalue weighted by Gasteiger charge is 2.20. The standard InChI is InChI=1S/C20H17ClFNO2/c1-11-4-6-13-15(10-11)17(16(8-9-24)23(3)20(13)25)14-7-5-12(2)19(22)18(14)21/h4-7,9-10H,8H2,1-3H3. The molecule has 1 aromatic heterocycles. The molecule has 0 N–H and O–H groups in total. The van der Waals surface area contributed by atoms with Crippen LogP contribution >= 0.6 is 11.6 Å². The molecule has 2 aromatic carbocycles. The lowest BCUT2D eigenvalue weighted by Gasteiger charge is -2.18. The van der Waals surface area contributed by atoms with E-state index in [9.17, 15) is 14.0 Å². The van der Waals surface area contributed by atoms with Crippen LogP contribution in [0.2, 0.25) is 5.02 Å². The highest BCUT2D eigenvalue weighted by atomic mass is 35.5. The van der Waals surface area contributed by atoms with Crippen LogP contribution < -0.4 is 5.56 Å². The summed E-state index contributed by atoms with van der Waals surface area (Å²) < 4.78 is 15.8. The van der Waals surface area contributed by atoms with Crippen molar-refractivity contribution in [3.8, 4) is 11.1 Å². The van der Waals surface area contributed by atoms with Crippen molar-refractivity contribution in [2.75, 3.05) is 0 Å². The van der Waals surface area contributed by atoms with Crippen molar-refractivity contribution < 1.29 is 9.18 Å². The Kier molecular flexibility index (Phi) is 4.48. The van der Waals surface area contributed by atoms with Crippen molar-refractivity contribution in [2.45, 2.75) is 20.3 Å². The lowest BCUT2D eigenvalue weighted by atomic mass is 9.94. The molecule has 3 rings (SSSR count). The molecule has 3 aromatic rings. The molecule has 0 radical (unpaired) electrons. The summed E-state index contributed by atoms with van der Waals surface area (Å²) in [4.78, 5) is 23.9. The predicted octanol–water partition coefficient (Wildman–Crippen LogP) is 4.36. The van der Waals surface area contributed by atoms with Crippen LogP contribution in [0.15, 0.2) is 35.1 Å². The largest absolute Gasteiger partial charge is 0.314 e. The van der Waals surface area contributed by atoms with Crippen molar-refractivity contribution >= 4 is 28.7 Å². The summed E-state index contributed by atoms with van der Waals surface area (Å²) in [5, 5.41) is 1.17. The number of carbonyl (C=O) groups excluding carboxylic acids is 1. The molecule has 128 valence electrons. The summed E-state index contributed by atoms with van der Waals surface area (Å²) in [5.74, 6) is -0.495. The number of aldehydes is 1. The second-order valence-corrected chi connectivity index (χ2v) is 6.54. The molecule has 0 aliphatic heterocycles. The number of carbonyl (C=O) groups is 1. The first kappa shape index (κ1) is 17.4. The first-order valence-corrected chi connectivity index (χ1v) is 8.25.